The number of carbonyl (C=O) groups excluding carboxylic acids is 2. The Labute approximate surface area is 201 Å². The first-order valence-electron chi connectivity index (χ1n) is 11.0. The van der Waals surface area contributed by atoms with Crippen molar-refractivity contribution in [1.29, 1.82) is 0 Å². The minimum Gasteiger partial charge on any atom is -0.483 e. The Balaban J connectivity index is 2.19. The van der Waals surface area contributed by atoms with Gasteiger partial charge in [-0.05, 0) is 48.6 Å². The molecule has 0 spiro atoms. The first-order valence-corrected chi connectivity index (χ1v) is 11.7. The number of halogens is 2. The molecule has 0 radical (unpaired) electrons. The monoisotopic (exact) mass is 478 g/mol. The Morgan fingerprint density at radius 3 is 2.44 bits per heavy atom. The van der Waals surface area contributed by atoms with E-state index in [4.69, 9.17) is 27.9 Å². The molecule has 0 aliphatic rings. The van der Waals surface area contributed by atoms with Gasteiger partial charge >= 0.3 is 0 Å². The summed E-state index contributed by atoms with van der Waals surface area (Å²) in [5, 5.41) is 3.74. The SMILES string of the molecule is CCCCNC(=O)C(C)N(Cc1ccc(Cl)c(Cl)c1)C(=O)COc1ccccc1C(C)C. The highest BCUT2D eigenvalue weighted by Crippen LogP contribution is 2.26. The summed E-state index contributed by atoms with van der Waals surface area (Å²) in [5.41, 5.74) is 1.81. The van der Waals surface area contributed by atoms with Crippen LogP contribution < -0.4 is 10.1 Å². The van der Waals surface area contributed by atoms with Gasteiger partial charge in [0.2, 0.25) is 5.91 Å². The van der Waals surface area contributed by atoms with E-state index >= 15 is 0 Å². The molecule has 0 bridgehead atoms. The zero-order valence-electron chi connectivity index (χ0n) is 19.2. The minimum absolute atomic E-state index is 0.169. The maximum Gasteiger partial charge on any atom is 0.261 e. The molecule has 0 heterocycles. The Bertz CT molecular complexity index is 918. The molecular formula is C25H32Cl2N2O3. The lowest BCUT2D eigenvalue weighted by molar-refractivity contribution is -0.142. The number of unbranched alkanes of at least 4 members (excludes halogenated alkanes) is 1. The van der Waals surface area contributed by atoms with E-state index in [0.29, 0.717) is 22.3 Å². The molecule has 7 heteroatoms. The number of rotatable bonds is 11. The van der Waals surface area contributed by atoms with E-state index in [1.165, 1.54) is 4.90 Å². The van der Waals surface area contributed by atoms with Crippen molar-refractivity contribution in [2.75, 3.05) is 13.2 Å². The van der Waals surface area contributed by atoms with Crippen LogP contribution in [0.4, 0.5) is 0 Å². The molecule has 0 fully saturated rings. The molecule has 5 nitrogen and oxygen atoms in total. The van der Waals surface area contributed by atoms with Crippen molar-refractivity contribution in [3.05, 3.63) is 63.6 Å². The summed E-state index contributed by atoms with van der Waals surface area (Å²) in [4.78, 5) is 27.4. The van der Waals surface area contributed by atoms with Crippen molar-refractivity contribution >= 4 is 35.0 Å². The van der Waals surface area contributed by atoms with Crippen LogP contribution in [0, 0.1) is 0 Å². The number of para-hydroxylation sites is 1. The van der Waals surface area contributed by atoms with Crippen molar-refractivity contribution in [1.82, 2.24) is 10.2 Å². The second-order valence-electron chi connectivity index (χ2n) is 8.07. The third kappa shape index (κ3) is 7.42. The predicted molar refractivity (Wildman–Crippen MR) is 130 cm³/mol. The van der Waals surface area contributed by atoms with E-state index < -0.39 is 6.04 Å². The molecule has 2 rings (SSSR count). The van der Waals surface area contributed by atoms with E-state index in [1.54, 1.807) is 25.1 Å². The highest BCUT2D eigenvalue weighted by atomic mass is 35.5. The van der Waals surface area contributed by atoms with Gasteiger partial charge in [0.05, 0.1) is 10.0 Å². The summed E-state index contributed by atoms with van der Waals surface area (Å²) in [6.45, 7) is 8.55. The van der Waals surface area contributed by atoms with Crippen molar-refractivity contribution in [3.8, 4) is 5.75 Å². The van der Waals surface area contributed by atoms with Crippen molar-refractivity contribution in [2.24, 2.45) is 0 Å². The van der Waals surface area contributed by atoms with E-state index in [9.17, 15) is 9.59 Å². The Kier molecular flexibility index (Phi) is 10.3. The fourth-order valence-electron chi connectivity index (χ4n) is 3.26. The van der Waals surface area contributed by atoms with E-state index in [-0.39, 0.29) is 30.9 Å². The quantitative estimate of drug-likeness (QED) is 0.413. The largest absolute Gasteiger partial charge is 0.483 e. The third-order valence-corrected chi connectivity index (χ3v) is 5.96. The van der Waals surface area contributed by atoms with Crippen LogP contribution in [0.5, 0.6) is 5.75 Å². The van der Waals surface area contributed by atoms with Crippen LogP contribution in [0.15, 0.2) is 42.5 Å². The fourth-order valence-corrected chi connectivity index (χ4v) is 3.59. The average Bonchev–Trinajstić information content (AvgIpc) is 2.77. The van der Waals surface area contributed by atoms with E-state index in [1.807, 2.05) is 24.3 Å². The summed E-state index contributed by atoms with van der Waals surface area (Å²) >= 11 is 12.2. The van der Waals surface area contributed by atoms with E-state index in [2.05, 4.69) is 26.1 Å². The predicted octanol–water partition coefficient (Wildman–Crippen LogP) is 5.83. The fraction of sp³-hybridized carbons (Fsp3) is 0.440. The van der Waals surface area contributed by atoms with Crippen molar-refractivity contribution < 1.29 is 14.3 Å². The van der Waals surface area contributed by atoms with E-state index in [0.717, 1.165) is 24.0 Å². The summed E-state index contributed by atoms with van der Waals surface area (Å²) < 4.78 is 5.88. The van der Waals surface area contributed by atoms with Crippen LogP contribution in [-0.2, 0) is 16.1 Å². The number of nitrogens with one attached hydrogen (secondary N) is 1. The lowest BCUT2D eigenvalue weighted by Gasteiger charge is -2.29. The first-order chi connectivity index (χ1) is 15.2. The maximum atomic E-state index is 13.2. The number of ether oxygens (including phenoxy) is 1. The molecule has 2 amide bonds. The van der Waals surface area contributed by atoms with Gasteiger partial charge in [0.25, 0.3) is 5.91 Å². The number of hydrogen-bond acceptors (Lipinski definition) is 3. The standard InChI is InChI=1S/C25H32Cl2N2O3/c1-5-6-13-28-25(31)18(4)29(15-19-11-12-21(26)22(27)14-19)24(30)16-32-23-10-8-7-9-20(23)17(2)3/h7-12,14,17-18H,5-6,13,15-16H2,1-4H3,(H,28,31). The Morgan fingerprint density at radius 2 is 1.78 bits per heavy atom. The van der Waals surface area contributed by atoms with Crippen molar-refractivity contribution in [3.63, 3.8) is 0 Å². The number of amides is 2. The molecule has 32 heavy (non-hydrogen) atoms. The normalized spacial score (nSPS) is 11.8. The van der Waals surface area contributed by atoms with Gasteiger partial charge in [-0.2, -0.15) is 0 Å². The molecule has 0 aliphatic carbocycles. The van der Waals surface area contributed by atoms with Gasteiger partial charge in [0, 0.05) is 13.1 Å². The minimum atomic E-state index is -0.669. The third-order valence-electron chi connectivity index (χ3n) is 5.23. The molecular weight excluding hydrogens is 447 g/mol. The van der Waals surface area contributed by atoms with Gasteiger partial charge in [0.1, 0.15) is 11.8 Å². The molecule has 0 saturated heterocycles. The lowest BCUT2D eigenvalue weighted by atomic mass is 10.0. The van der Waals surface area contributed by atoms with Crippen LogP contribution in [0.1, 0.15) is 57.6 Å². The van der Waals surface area contributed by atoms with Gasteiger partial charge in [-0.25, -0.2) is 0 Å². The van der Waals surface area contributed by atoms with Gasteiger partial charge in [-0.1, -0.05) is 74.7 Å². The van der Waals surface area contributed by atoms with Gasteiger partial charge < -0.3 is 15.0 Å². The number of nitrogens with zero attached hydrogens (tertiary/aromatic N) is 1. The van der Waals surface area contributed by atoms with Crippen LogP contribution in [0.3, 0.4) is 0 Å². The Morgan fingerprint density at radius 1 is 1.06 bits per heavy atom. The summed E-state index contributed by atoms with van der Waals surface area (Å²) in [6.07, 6.45) is 1.86. The molecule has 1 unspecified atom stereocenters. The van der Waals surface area contributed by atoms with Gasteiger partial charge in [-0.15, -0.1) is 0 Å². The molecule has 2 aromatic carbocycles. The smallest absolute Gasteiger partial charge is 0.261 e. The number of benzene rings is 2. The highest BCUT2D eigenvalue weighted by Gasteiger charge is 2.26. The van der Waals surface area contributed by atoms with Crippen LogP contribution >= 0.6 is 23.2 Å². The second-order valence-corrected chi connectivity index (χ2v) is 8.89. The molecule has 0 aromatic heterocycles. The maximum absolute atomic E-state index is 13.2. The lowest BCUT2D eigenvalue weighted by Crippen LogP contribution is -2.49. The van der Waals surface area contributed by atoms with Gasteiger partial charge in [-0.3, -0.25) is 9.59 Å². The molecule has 2 aromatic rings. The summed E-state index contributed by atoms with van der Waals surface area (Å²) in [5.74, 6) is 0.449. The number of carbonyl (C=O) groups is 2. The summed E-state index contributed by atoms with van der Waals surface area (Å²) in [7, 11) is 0. The molecule has 0 saturated carbocycles. The first kappa shape index (κ1) is 26.0. The molecule has 1 atom stereocenters. The van der Waals surface area contributed by atoms with Crippen molar-refractivity contribution in [2.45, 2.75) is 59.0 Å². The van der Waals surface area contributed by atoms with Crippen LogP contribution in [0.2, 0.25) is 10.0 Å². The highest BCUT2D eigenvalue weighted by molar-refractivity contribution is 6.42. The van der Waals surface area contributed by atoms with Crippen LogP contribution in [-0.4, -0.2) is 35.9 Å². The topological polar surface area (TPSA) is 58.6 Å². The Hall–Kier alpha value is -2.24. The zero-order chi connectivity index (χ0) is 23.7. The summed E-state index contributed by atoms with van der Waals surface area (Å²) in [6, 6.07) is 12.2. The molecule has 0 aliphatic heterocycles. The number of hydrogen-bond donors (Lipinski definition) is 1. The molecule has 174 valence electrons. The second kappa shape index (κ2) is 12.7. The average molecular weight is 479 g/mol. The van der Waals surface area contributed by atoms with Gasteiger partial charge in [0.15, 0.2) is 6.61 Å². The zero-order valence-corrected chi connectivity index (χ0v) is 20.7. The molecule has 1 N–H and O–H groups in total. The van der Waals surface area contributed by atoms with Crippen LogP contribution in [0.25, 0.3) is 0 Å².